The van der Waals surface area contributed by atoms with Crippen LogP contribution in [-0.4, -0.2) is 32.6 Å². The van der Waals surface area contributed by atoms with Gasteiger partial charge >= 0.3 is 5.63 Å². The Bertz CT molecular complexity index is 754. The summed E-state index contributed by atoms with van der Waals surface area (Å²) in [6.07, 6.45) is 0.0351. The van der Waals surface area contributed by atoms with Crippen LogP contribution in [0.4, 0.5) is 0 Å². The van der Waals surface area contributed by atoms with Crippen LogP contribution in [0, 0.1) is 0 Å². The zero-order valence-electron chi connectivity index (χ0n) is 12.6. The highest BCUT2D eigenvalue weighted by molar-refractivity contribution is 6.37. The molecule has 0 aliphatic rings. The van der Waals surface area contributed by atoms with E-state index in [1.165, 1.54) is 6.07 Å². The van der Waals surface area contributed by atoms with Crippen molar-refractivity contribution in [3.05, 3.63) is 33.3 Å². The third kappa shape index (κ3) is 3.96. The lowest BCUT2D eigenvalue weighted by Crippen LogP contribution is -2.20. The molecular formula is C16H19ClO6. The van der Waals surface area contributed by atoms with Gasteiger partial charge in [-0.15, -0.1) is 0 Å². The zero-order valence-corrected chi connectivity index (χ0v) is 13.4. The molecular weight excluding hydrogens is 324 g/mol. The number of phenolic OH excluding ortho intramolecular Hbond substituents is 2. The van der Waals surface area contributed by atoms with Crippen molar-refractivity contribution in [2.75, 3.05) is 0 Å². The number of aliphatic hydroxyl groups excluding tert-OH is 2. The molecule has 126 valence electrons. The molecule has 0 aliphatic heterocycles. The van der Waals surface area contributed by atoms with Crippen molar-refractivity contribution in [1.82, 2.24) is 0 Å². The molecule has 0 radical (unpaired) electrons. The van der Waals surface area contributed by atoms with Crippen molar-refractivity contribution in [3.8, 4) is 11.5 Å². The SMILES string of the molecule is CCCC(O)CC(O)Cc1cc2c(Cl)c(O)cc(O)c2c(=O)o1. The number of halogens is 1. The highest BCUT2D eigenvalue weighted by Gasteiger charge is 2.18. The topological polar surface area (TPSA) is 111 Å². The molecule has 6 nitrogen and oxygen atoms in total. The van der Waals surface area contributed by atoms with Crippen LogP contribution in [0.3, 0.4) is 0 Å². The number of benzene rings is 1. The first-order chi connectivity index (χ1) is 10.8. The first-order valence-corrected chi connectivity index (χ1v) is 7.74. The minimum atomic E-state index is -0.887. The molecule has 2 unspecified atom stereocenters. The summed E-state index contributed by atoms with van der Waals surface area (Å²) in [5.41, 5.74) is -0.807. The van der Waals surface area contributed by atoms with Gasteiger partial charge in [0.15, 0.2) is 0 Å². The van der Waals surface area contributed by atoms with Gasteiger partial charge in [-0.05, 0) is 18.9 Å². The molecule has 0 fully saturated rings. The maximum Gasteiger partial charge on any atom is 0.347 e. The van der Waals surface area contributed by atoms with E-state index >= 15 is 0 Å². The highest BCUT2D eigenvalue weighted by Crippen LogP contribution is 2.36. The number of fused-ring (bicyclic) bond motifs is 1. The Morgan fingerprint density at radius 2 is 1.87 bits per heavy atom. The van der Waals surface area contributed by atoms with Crippen molar-refractivity contribution < 1.29 is 24.8 Å². The average Bonchev–Trinajstić information content (AvgIpc) is 2.44. The van der Waals surface area contributed by atoms with Gasteiger partial charge in [0.05, 0.1) is 17.2 Å². The number of phenols is 2. The molecule has 1 heterocycles. The van der Waals surface area contributed by atoms with Crippen molar-refractivity contribution in [2.24, 2.45) is 0 Å². The summed E-state index contributed by atoms with van der Waals surface area (Å²) in [5.74, 6) is -0.626. The van der Waals surface area contributed by atoms with E-state index in [0.29, 0.717) is 6.42 Å². The van der Waals surface area contributed by atoms with Crippen LogP contribution in [0.15, 0.2) is 21.3 Å². The smallest absolute Gasteiger partial charge is 0.347 e. The van der Waals surface area contributed by atoms with E-state index in [-0.39, 0.29) is 40.1 Å². The second-order valence-electron chi connectivity index (χ2n) is 5.55. The number of rotatable bonds is 6. The van der Waals surface area contributed by atoms with Gasteiger partial charge in [0.25, 0.3) is 0 Å². The molecule has 0 aliphatic carbocycles. The summed E-state index contributed by atoms with van der Waals surface area (Å²) in [6, 6.07) is 2.37. The molecule has 0 saturated heterocycles. The summed E-state index contributed by atoms with van der Waals surface area (Å²) in [6.45, 7) is 1.93. The molecule has 2 atom stereocenters. The van der Waals surface area contributed by atoms with E-state index in [2.05, 4.69) is 0 Å². The van der Waals surface area contributed by atoms with Gasteiger partial charge < -0.3 is 24.8 Å². The highest BCUT2D eigenvalue weighted by atomic mass is 35.5. The van der Waals surface area contributed by atoms with E-state index < -0.39 is 23.6 Å². The van der Waals surface area contributed by atoms with Crippen molar-refractivity contribution in [2.45, 2.75) is 44.8 Å². The van der Waals surface area contributed by atoms with Crippen LogP contribution in [0.1, 0.15) is 31.9 Å². The Kier molecular flexibility index (Phi) is 5.51. The molecule has 2 aromatic rings. The van der Waals surface area contributed by atoms with Crippen LogP contribution in [0.2, 0.25) is 5.02 Å². The van der Waals surface area contributed by atoms with E-state index in [1.54, 1.807) is 0 Å². The molecule has 0 saturated carbocycles. The summed E-state index contributed by atoms with van der Waals surface area (Å²) in [5, 5.41) is 39.0. The maximum absolute atomic E-state index is 12.0. The molecule has 0 bridgehead atoms. The van der Waals surface area contributed by atoms with E-state index in [1.807, 2.05) is 6.92 Å². The lowest BCUT2D eigenvalue weighted by Gasteiger charge is -2.15. The Hall–Kier alpha value is -1.76. The predicted molar refractivity (Wildman–Crippen MR) is 86.1 cm³/mol. The minimum Gasteiger partial charge on any atom is -0.507 e. The Balaban J connectivity index is 2.33. The first-order valence-electron chi connectivity index (χ1n) is 7.36. The van der Waals surface area contributed by atoms with Crippen molar-refractivity contribution >= 4 is 22.4 Å². The minimum absolute atomic E-state index is 0.0126. The second-order valence-corrected chi connectivity index (χ2v) is 5.93. The molecule has 1 aromatic carbocycles. The molecule has 4 N–H and O–H groups in total. The van der Waals surface area contributed by atoms with E-state index in [9.17, 15) is 25.2 Å². The van der Waals surface area contributed by atoms with E-state index in [4.69, 9.17) is 16.0 Å². The number of aliphatic hydroxyl groups is 2. The number of hydrogen-bond donors (Lipinski definition) is 4. The van der Waals surface area contributed by atoms with Crippen LogP contribution in [0.5, 0.6) is 11.5 Å². The van der Waals surface area contributed by atoms with Gasteiger partial charge in [-0.2, -0.15) is 0 Å². The van der Waals surface area contributed by atoms with Gasteiger partial charge in [0.1, 0.15) is 22.6 Å². The standard InChI is InChI=1S/C16H19ClO6/c1-2-3-8(18)4-9(19)5-10-6-11-14(16(22)23-10)12(20)7-13(21)15(11)17/h6-9,18-21H,2-5H2,1H3. The Morgan fingerprint density at radius 3 is 2.52 bits per heavy atom. The number of hydrogen-bond acceptors (Lipinski definition) is 6. The number of aromatic hydroxyl groups is 2. The average molecular weight is 343 g/mol. The van der Waals surface area contributed by atoms with Gasteiger partial charge in [-0.25, -0.2) is 4.79 Å². The van der Waals surface area contributed by atoms with Gasteiger partial charge in [0, 0.05) is 17.9 Å². The Morgan fingerprint density at radius 1 is 1.17 bits per heavy atom. The van der Waals surface area contributed by atoms with E-state index in [0.717, 1.165) is 12.5 Å². The summed E-state index contributed by atoms with van der Waals surface area (Å²) in [7, 11) is 0. The fourth-order valence-electron chi connectivity index (χ4n) is 2.54. The lowest BCUT2D eigenvalue weighted by atomic mass is 10.0. The van der Waals surface area contributed by atoms with Crippen LogP contribution in [-0.2, 0) is 6.42 Å². The zero-order chi connectivity index (χ0) is 17.1. The predicted octanol–water partition coefficient (Wildman–Crippen LogP) is 2.31. The quantitative estimate of drug-likeness (QED) is 0.641. The summed E-state index contributed by atoms with van der Waals surface area (Å²) in [4.78, 5) is 12.0. The van der Waals surface area contributed by atoms with Gasteiger partial charge in [-0.1, -0.05) is 24.9 Å². The van der Waals surface area contributed by atoms with Crippen LogP contribution < -0.4 is 5.63 Å². The normalized spacial score (nSPS) is 14.1. The maximum atomic E-state index is 12.0. The summed E-state index contributed by atoms with van der Waals surface area (Å²) >= 11 is 5.96. The molecule has 0 amide bonds. The third-order valence-corrected chi connectivity index (χ3v) is 3.99. The molecule has 0 spiro atoms. The fraction of sp³-hybridized carbons (Fsp3) is 0.438. The molecule has 2 rings (SSSR count). The summed E-state index contributed by atoms with van der Waals surface area (Å²) < 4.78 is 5.08. The van der Waals surface area contributed by atoms with Crippen LogP contribution in [0.25, 0.3) is 10.8 Å². The Labute approximate surface area is 137 Å². The fourth-order valence-corrected chi connectivity index (χ4v) is 2.75. The molecule has 1 aromatic heterocycles. The largest absolute Gasteiger partial charge is 0.507 e. The monoisotopic (exact) mass is 342 g/mol. The van der Waals surface area contributed by atoms with Gasteiger partial charge in [0.2, 0.25) is 0 Å². The van der Waals surface area contributed by atoms with Gasteiger partial charge in [-0.3, -0.25) is 0 Å². The van der Waals surface area contributed by atoms with Crippen LogP contribution >= 0.6 is 11.6 Å². The first kappa shape index (κ1) is 17.6. The molecule has 7 heteroatoms. The second kappa shape index (κ2) is 7.21. The third-order valence-electron chi connectivity index (χ3n) is 3.60. The molecule has 23 heavy (non-hydrogen) atoms. The lowest BCUT2D eigenvalue weighted by molar-refractivity contribution is 0.0724. The van der Waals surface area contributed by atoms with Crippen molar-refractivity contribution in [1.29, 1.82) is 0 Å². The van der Waals surface area contributed by atoms with Crippen molar-refractivity contribution in [3.63, 3.8) is 0 Å².